The molecule has 0 saturated heterocycles. The van der Waals surface area contributed by atoms with E-state index in [1.807, 2.05) is 41.4 Å². The Morgan fingerprint density at radius 3 is 2.72 bits per heavy atom. The Labute approximate surface area is 157 Å². The lowest BCUT2D eigenvalue weighted by Gasteiger charge is -2.03. The van der Waals surface area contributed by atoms with Gasteiger partial charge in [0.15, 0.2) is 0 Å². The summed E-state index contributed by atoms with van der Waals surface area (Å²) in [5.74, 6) is 0. The summed E-state index contributed by atoms with van der Waals surface area (Å²) in [6.45, 7) is 0. The molecule has 0 aliphatic rings. The van der Waals surface area contributed by atoms with E-state index >= 15 is 0 Å². The van der Waals surface area contributed by atoms with Gasteiger partial charge in [-0.05, 0) is 18.2 Å². The normalized spacial score (nSPS) is 12.5. The summed E-state index contributed by atoms with van der Waals surface area (Å²) in [5.41, 5.74) is 4.28. The number of rotatable bonds is 3. The summed E-state index contributed by atoms with van der Waals surface area (Å²) in [7, 11) is 1.79. The summed E-state index contributed by atoms with van der Waals surface area (Å²) in [6, 6.07) is 16.4. The van der Waals surface area contributed by atoms with Crippen molar-refractivity contribution in [3.63, 3.8) is 0 Å². The fraction of sp³-hybridized carbons (Fsp3) is 0.0526. The minimum atomic E-state index is 0.856. The first-order chi connectivity index (χ1) is 12.3. The van der Waals surface area contributed by atoms with Gasteiger partial charge in [-0.15, -0.1) is 11.3 Å². The van der Waals surface area contributed by atoms with Crippen molar-refractivity contribution in [3.8, 4) is 11.3 Å². The van der Waals surface area contributed by atoms with E-state index in [-0.39, 0.29) is 0 Å². The van der Waals surface area contributed by atoms with E-state index in [4.69, 9.17) is 5.10 Å². The molecule has 0 bridgehead atoms. The van der Waals surface area contributed by atoms with Crippen LogP contribution in [0.4, 0.5) is 0 Å². The average molecular weight is 411 g/mol. The van der Waals surface area contributed by atoms with Gasteiger partial charge in [-0.25, -0.2) is 4.68 Å². The highest BCUT2D eigenvalue weighted by atomic mass is 79.9. The largest absolute Gasteiger partial charge is 0.361 e. The zero-order valence-electron chi connectivity index (χ0n) is 13.5. The number of aromatic amines is 1. The number of benzene rings is 2. The van der Waals surface area contributed by atoms with Gasteiger partial charge in [-0.1, -0.05) is 46.3 Å². The molecule has 4 aromatic rings. The molecule has 0 aliphatic carbocycles. The van der Waals surface area contributed by atoms with Crippen molar-refractivity contribution in [3.05, 3.63) is 74.9 Å². The van der Waals surface area contributed by atoms with Gasteiger partial charge < -0.3 is 4.98 Å². The van der Waals surface area contributed by atoms with E-state index in [1.54, 1.807) is 18.4 Å². The molecule has 2 heterocycles. The molecule has 4 rings (SSSR count). The summed E-state index contributed by atoms with van der Waals surface area (Å²) in [4.78, 5) is 8.48. The van der Waals surface area contributed by atoms with Crippen molar-refractivity contribution in [2.24, 2.45) is 10.1 Å². The van der Waals surface area contributed by atoms with Crippen molar-refractivity contribution < 1.29 is 0 Å². The predicted molar refractivity (Wildman–Crippen MR) is 108 cm³/mol. The number of hydrogen-bond acceptors (Lipinski definition) is 3. The summed E-state index contributed by atoms with van der Waals surface area (Å²) >= 11 is 5.06. The van der Waals surface area contributed by atoms with Gasteiger partial charge in [0.25, 0.3) is 0 Å². The molecule has 1 N–H and O–H groups in total. The molecule has 6 heteroatoms. The number of nitrogens with one attached hydrogen (secondary N) is 1. The SMILES string of the molecule is CN=c1scc(-c2ccc(Br)cc2)n1N=Cc1c[nH]c2ccccc12. The Bertz CT molecular complexity index is 1120. The first-order valence-electron chi connectivity index (χ1n) is 7.76. The zero-order chi connectivity index (χ0) is 17.2. The smallest absolute Gasteiger partial charge is 0.205 e. The van der Waals surface area contributed by atoms with Gasteiger partial charge >= 0.3 is 0 Å². The number of H-pyrrole nitrogens is 1. The van der Waals surface area contributed by atoms with Crippen LogP contribution in [0.5, 0.6) is 0 Å². The van der Waals surface area contributed by atoms with Crippen LogP contribution in [0.2, 0.25) is 0 Å². The van der Waals surface area contributed by atoms with Crippen LogP contribution in [0.1, 0.15) is 5.56 Å². The van der Waals surface area contributed by atoms with Crippen molar-refractivity contribution in [1.29, 1.82) is 0 Å². The fourth-order valence-corrected chi connectivity index (χ4v) is 3.77. The number of thiazole rings is 1. The van der Waals surface area contributed by atoms with Crippen LogP contribution < -0.4 is 4.80 Å². The average Bonchev–Trinajstić information content (AvgIpc) is 3.24. The standard InChI is InChI=1S/C19H15BrN4S/c1-21-19-24(18(12-25-19)13-6-8-15(20)9-7-13)23-11-14-10-22-17-5-3-2-4-16(14)17/h2-12,22H,1H3. The Balaban J connectivity index is 1.80. The lowest BCUT2D eigenvalue weighted by molar-refractivity contribution is 0.848. The van der Waals surface area contributed by atoms with Gasteiger partial charge in [0.05, 0.1) is 11.9 Å². The molecule has 0 aliphatic heterocycles. The molecular weight excluding hydrogens is 396 g/mol. The Kier molecular flexibility index (Phi) is 4.38. The molecule has 0 spiro atoms. The van der Waals surface area contributed by atoms with Crippen molar-refractivity contribution in [2.45, 2.75) is 0 Å². The molecule has 0 radical (unpaired) electrons. The van der Waals surface area contributed by atoms with Gasteiger partial charge in [0.1, 0.15) is 0 Å². The molecule has 2 aromatic heterocycles. The molecule has 0 atom stereocenters. The van der Waals surface area contributed by atoms with Crippen LogP contribution in [0.25, 0.3) is 22.2 Å². The predicted octanol–water partition coefficient (Wildman–Crippen LogP) is 4.87. The number of halogens is 1. The number of hydrogen-bond donors (Lipinski definition) is 1. The quantitative estimate of drug-likeness (QED) is 0.468. The van der Waals surface area contributed by atoms with E-state index < -0.39 is 0 Å². The highest BCUT2D eigenvalue weighted by molar-refractivity contribution is 9.10. The highest BCUT2D eigenvalue weighted by Gasteiger charge is 2.07. The van der Waals surface area contributed by atoms with E-state index in [0.29, 0.717) is 0 Å². The molecule has 0 saturated carbocycles. The maximum Gasteiger partial charge on any atom is 0.205 e. The van der Waals surface area contributed by atoms with E-state index in [0.717, 1.165) is 37.0 Å². The topological polar surface area (TPSA) is 45.4 Å². The first-order valence-corrected chi connectivity index (χ1v) is 9.43. The van der Waals surface area contributed by atoms with E-state index in [2.05, 4.69) is 55.6 Å². The van der Waals surface area contributed by atoms with Crippen molar-refractivity contribution in [1.82, 2.24) is 9.66 Å². The molecule has 124 valence electrons. The zero-order valence-corrected chi connectivity index (χ0v) is 15.9. The Morgan fingerprint density at radius 1 is 1.12 bits per heavy atom. The van der Waals surface area contributed by atoms with Crippen molar-refractivity contribution in [2.75, 3.05) is 7.05 Å². The number of nitrogens with zero attached hydrogens (tertiary/aromatic N) is 3. The summed E-state index contributed by atoms with van der Waals surface area (Å²) in [6.07, 6.45) is 3.85. The van der Waals surface area contributed by atoms with Gasteiger partial charge in [0, 0.05) is 45.1 Å². The second kappa shape index (κ2) is 6.82. The van der Waals surface area contributed by atoms with Gasteiger partial charge in [0.2, 0.25) is 4.80 Å². The Morgan fingerprint density at radius 2 is 1.92 bits per heavy atom. The molecule has 0 fully saturated rings. The second-order valence-corrected chi connectivity index (χ2v) is 7.23. The lowest BCUT2D eigenvalue weighted by atomic mass is 10.2. The molecule has 4 nitrogen and oxygen atoms in total. The van der Waals surface area contributed by atoms with Crippen LogP contribution in [0.15, 0.2) is 74.7 Å². The summed E-state index contributed by atoms with van der Waals surface area (Å²) in [5, 5.41) is 7.94. The second-order valence-electron chi connectivity index (χ2n) is 5.48. The lowest BCUT2D eigenvalue weighted by Crippen LogP contribution is -2.11. The van der Waals surface area contributed by atoms with Gasteiger partial charge in [-0.3, -0.25) is 4.99 Å². The molecule has 2 aromatic carbocycles. The maximum atomic E-state index is 4.70. The minimum absolute atomic E-state index is 0.856. The molecule has 25 heavy (non-hydrogen) atoms. The number of para-hydroxylation sites is 1. The van der Waals surface area contributed by atoms with Crippen LogP contribution in [-0.2, 0) is 0 Å². The van der Waals surface area contributed by atoms with Crippen LogP contribution in [0, 0.1) is 0 Å². The molecule has 0 amide bonds. The molecular formula is C19H15BrN4S. The molecule has 0 unspecified atom stereocenters. The fourth-order valence-electron chi connectivity index (χ4n) is 2.70. The first kappa shape index (κ1) is 16.1. The third-order valence-corrected chi connectivity index (χ3v) is 5.39. The summed E-state index contributed by atoms with van der Waals surface area (Å²) < 4.78 is 2.94. The van der Waals surface area contributed by atoms with Gasteiger partial charge in [-0.2, -0.15) is 5.10 Å². The highest BCUT2D eigenvalue weighted by Crippen LogP contribution is 2.23. The Hall–Kier alpha value is -2.44. The van der Waals surface area contributed by atoms with Crippen molar-refractivity contribution >= 4 is 44.4 Å². The third-order valence-electron chi connectivity index (χ3n) is 3.95. The minimum Gasteiger partial charge on any atom is -0.361 e. The van der Waals surface area contributed by atoms with E-state index in [9.17, 15) is 0 Å². The number of aromatic nitrogens is 2. The van der Waals surface area contributed by atoms with E-state index in [1.165, 1.54) is 0 Å². The van der Waals surface area contributed by atoms with Crippen LogP contribution in [-0.4, -0.2) is 22.9 Å². The maximum absolute atomic E-state index is 4.70. The third kappa shape index (κ3) is 3.10. The monoisotopic (exact) mass is 410 g/mol. The number of fused-ring (bicyclic) bond motifs is 1. The van der Waals surface area contributed by atoms with Crippen LogP contribution >= 0.6 is 27.3 Å². The van der Waals surface area contributed by atoms with Crippen LogP contribution in [0.3, 0.4) is 0 Å².